The number of carboxylic acid groups (broad SMARTS) is 1. The van der Waals surface area contributed by atoms with Crippen molar-refractivity contribution in [3.05, 3.63) is 28.8 Å². The minimum Gasteiger partial charge on any atom is -0.478 e. The Morgan fingerprint density at radius 1 is 1.29 bits per heavy atom. The number of nitrogens with one attached hydrogen (secondary N) is 1. The maximum Gasteiger partial charge on any atom is 0.337 e. The molecule has 1 aromatic carbocycles. The highest BCUT2D eigenvalue weighted by Gasteiger charge is 2.32. The zero-order chi connectivity index (χ0) is 15.7. The normalized spacial score (nSPS) is 18.4. The van der Waals surface area contributed by atoms with Crippen molar-refractivity contribution in [2.75, 3.05) is 0 Å². The van der Waals surface area contributed by atoms with Gasteiger partial charge in [-0.3, -0.25) is 0 Å². The maximum absolute atomic E-state index is 12.4. The van der Waals surface area contributed by atoms with E-state index in [1.165, 1.54) is 18.2 Å². The molecule has 1 aliphatic carbocycles. The van der Waals surface area contributed by atoms with Gasteiger partial charge in [0.1, 0.15) is 0 Å². The summed E-state index contributed by atoms with van der Waals surface area (Å²) in [6.07, 6.45) is 4.71. The fourth-order valence-corrected chi connectivity index (χ4v) is 4.47. The number of hydrogen-bond donors (Lipinski definition) is 2. The molecule has 0 amide bonds. The summed E-state index contributed by atoms with van der Waals surface area (Å²) in [5.41, 5.74) is -0.561. The van der Waals surface area contributed by atoms with E-state index in [2.05, 4.69) is 4.72 Å². The molecule has 1 aromatic rings. The molecule has 0 aromatic heterocycles. The summed E-state index contributed by atoms with van der Waals surface area (Å²) >= 11 is 5.83. The molecule has 0 spiro atoms. The molecule has 0 atom stereocenters. The third-order valence-corrected chi connectivity index (χ3v) is 5.77. The summed E-state index contributed by atoms with van der Waals surface area (Å²) in [6, 6.07) is 3.66. The fourth-order valence-electron chi connectivity index (χ4n) is 2.65. The van der Waals surface area contributed by atoms with Crippen molar-refractivity contribution in [3.8, 4) is 0 Å². The van der Waals surface area contributed by atoms with E-state index in [1.807, 2.05) is 6.92 Å². The molecule has 0 radical (unpaired) electrons. The minimum absolute atomic E-state index is 0.00991. The summed E-state index contributed by atoms with van der Waals surface area (Å²) < 4.78 is 27.6. The van der Waals surface area contributed by atoms with Gasteiger partial charge in [-0.25, -0.2) is 17.9 Å². The standard InChI is InChI=1S/C14H18ClNO4S/c1-14(7-3-2-4-8-14)16-21(19,20)10-5-6-11(13(17)18)12(15)9-10/h5-6,9,16H,2-4,7-8H2,1H3,(H,17,18). The van der Waals surface area contributed by atoms with Gasteiger partial charge in [-0.2, -0.15) is 0 Å². The fraction of sp³-hybridized carbons (Fsp3) is 0.500. The van der Waals surface area contributed by atoms with Crippen LogP contribution in [0.3, 0.4) is 0 Å². The number of halogens is 1. The monoisotopic (exact) mass is 331 g/mol. The van der Waals surface area contributed by atoms with Gasteiger partial charge in [0.15, 0.2) is 0 Å². The zero-order valence-corrected chi connectivity index (χ0v) is 13.3. The molecule has 1 fully saturated rings. The third-order valence-electron chi connectivity index (χ3n) is 3.82. The van der Waals surface area contributed by atoms with Gasteiger partial charge < -0.3 is 5.11 Å². The van der Waals surface area contributed by atoms with Gasteiger partial charge >= 0.3 is 5.97 Å². The smallest absolute Gasteiger partial charge is 0.337 e. The van der Waals surface area contributed by atoms with E-state index in [-0.39, 0.29) is 15.5 Å². The molecule has 7 heteroatoms. The lowest BCUT2D eigenvalue weighted by atomic mass is 9.84. The van der Waals surface area contributed by atoms with Crippen LogP contribution >= 0.6 is 11.6 Å². The largest absolute Gasteiger partial charge is 0.478 e. The molecule has 0 saturated heterocycles. The van der Waals surface area contributed by atoms with Crippen LogP contribution in [-0.2, 0) is 10.0 Å². The maximum atomic E-state index is 12.4. The quantitative estimate of drug-likeness (QED) is 0.888. The summed E-state index contributed by atoms with van der Waals surface area (Å²) in [7, 11) is -3.71. The van der Waals surface area contributed by atoms with E-state index in [1.54, 1.807) is 0 Å². The predicted molar refractivity (Wildman–Crippen MR) is 80.2 cm³/mol. The van der Waals surface area contributed by atoms with Crippen molar-refractivity contribution < 1.29 is 18.3 Å². The van der Waals surface area contributed by atoms with Crippen LogP contribution in [-0.4, -0.2) is 25.0 Å². The van der Waals surface area contributed by atoms with E-state index in [4.69, 9.17) is 16.7 Å². The second kappa shape index (κ2) is 5.94. The summed E-state index contributed by atoms with van der Waals surface area (Å²) in [4.78, 5) is 10.9. The van der Waals surface area contributed by atoms with Gasteiger partial charge in [-0.05, 0) is 38.0 Å². The van der Waals surface area contributed by atoms with Gasteiger partial charge in [0, 0.05) is 5.54 Å². The number of sulfonamides is 1. The van der Waals surface area contributed by atoms with E-state index < -0.39 is 21.5 Å². The molecule has 2 N–H and O–H groups in total. The summed E-state index contributed by atoms with van der Waals surface area (Å²) in [5.74, 6) is -1.18. The SMILES string of the molecule is CC1(NS(=O)(=O)c2ccc(C(=O)O)c(Cl)c2)CCCCC1. The number of rotatable bonds is 4. The van der Waals surface area contributed by atoms with Crippen LogP contribution in [0.5, 0.6) is 0 Å². The lowest BCUT2D eigenvalue weighted by Crippen LogP contribution is -2.47. The van der Waals surface area contributed by atoms with Crippen molar-refractivity contribution in [3.63, 3.8) is 0 Å². The molecule has 0 aliphatic heterocycles. The molecule has 0 bridgehead atoms. The number of carboxylic acids is 1. The molecular weight excluding hydrogens is 314 g/mol. The highest BCUT2D eigenvalue weighted by molar-refractivity contribution is 7.89. The summed E-state index contributed by atoms with van der Waals surface area (Å²) in [6.45, 7) is 1.90. The van der Waals surface area contributed by atoms with Crippen molar-refractivity contribution in [2.24, 2.45) is 0 Å². The van der Waals surface area contributed by atoms with Gasteiger partial charge in [-0.15, -0.1) is 0 Å². The molecule has 1 aliphatic rings. The van der Waals surface area contributed by atoms with Crippen molar-refractivity contribution in [1.82, 2.24) is 4.72 Å². The number of hydrogen-bond acceptors (Lipinski definition) is 3. The van der Waals surface area contributed by atoms with Gasteiger partial charge in [0.2, 0.25) is 10.0 Å². The van der Waals surface area contributed by atoms with E-state index >= 15 is 0 Å². The molecule has 5 nitrogen and oxygen atoms in total. The highest BCUT2D eigenvalue weighted by Crippen LogP contribution is 2.30. The second-order valence-corrected chi connectivity index (χ2v) is 7.76. The Morgan fingerprint density at radius 3 is 2.43 bits per heavy atom. The Morgan fingerprint density at radius 2 is 1.90 bits per heavy atom. The topological polar surface area (TPSA) is 83.5 Å². The van der Waals surface area contributed by atoms with Gasteiger partial charge in [0.25, 0.3) is 0 Å². The molecule has 116 valence electrons. The second-order valence-electron chi connectivity index (χ2n) is 5.67. The average Bonchev–Trinajstić information content (AvgIpc) is 2.37. The molecule has 0 unspecified atom stereocenters. The Labute approximate surface area is 129 Å². The molecular formula is C14H18ClNO4S. The third kappa shape index (κ3) is 3.75. The Hall–Kier alpha value is -1.11. The van der Waals surface area contributed by atoms with Crippen LogP contribution in [0.1, 0.15) is 49.4 Å². The highest BCUT2D eigenvalue weighted by atomic mass is 35.5. The molecule has 21 heavy (non-hydrogen) atoms. The molecule has 2 rings (SSSR count). The molecule has 1 saturated carbocycles. The van der Waals surface area contributed by atoms with Gasteiger partial charge in [0.05, 0.1) is 15.5 Å². The predicted octanol–water partition coefficient (Wildman–Crippen LogP) is 3.04. The first-order valence-corrected chi connectivity index (χ1v) is 8.66. The van der Waals surface area contributed by atoms with E-state index in [0.29, 0.717) is 0 Å². The van der Waals surface area contributed by atoms with Crippen LogP contribution in [0, 0.1) is 0 Å². The van der Waals surface area contributed by atoms with Crippen LogP contribution in [0.25, 0.3) is 0 Å². The van der Waals surface area contributed by atoms with E-state index in [0.717, 1.165) is 32.1 Å². The molecule has 0 heterocycles. The Bertz CT molecular complexity index is 651. The zero-order valence-electron chi connectivity index (χ0n) is 11.7. The first kappa shape index (κ1) is 16.3. The first-order chi connectivity index (χ1) is 9.73. The van der Waals surface area contributed by atoms with Crippen molar-refractivity contribution in [1.29, 1.82) is 0 Å². The Kier molecular flexibility index (Phi) is 4.60. The van der Waals surface area contributed by atoms with Crippen LogP contribution in [0.4, 0.5) is 0 Å². The van der Waals surface area contributed by atoms with Crippen molar-refractivity contribution in [2.45, 2.75) is 49.5 Å². The number of benzene rings is 1. The van der Waals surface area contributed by atoms with Crippen LogP contribution in [0.15, 0.2) is 23.1 Å². The van der Waals surface area contributed by atoms with E-state index in [9.17, 15) is 13.2 Å². The lowest BCUT2D eigenvalue weighted by Gasteiger charge is -2.34. The minimum atomic E-state index is -3.71. The van der Waals surface area contributed by atoms with Crippen molar-refractivity contribution >= 4 is 27.6 Å². The van der Waals surface area contributed by atoms with Crippen LogP contribution in [0.2, 0.25) is 5.02 Å². The average molecular weight is 332 g/mol. The summed E-state index contributed by atoms with van der Waals surface area (Å²) in [5, 5.41) is 8.83. The van der Waals surface area contributed by atoms with Crippen LogP contribution < -0.4 is 4.72 Å². The lowest BCUT2D eigenvalue weighted by molar-refractivity contribution is 0.0697. The Balaban J connectivity index is 2.27. The number of aromatic carboxylic acids is 1. The first-order valence-electron chi connectivity index (χ1n) is 6.80. The number of carbonyl (C=O) groups is 1. The van der Waals surface area contributed by atoms with Gasteiger partial charge in [-0.1, -0.05) is 30.9 Å².